The van der Waals surface area contributed by atoms with Gasteiger partial charge in [-0.25, -0.2) is 18.4 Å². The fraction of sp³-hybridized carbons (Fsp3) is 0.261. The molecule has 0 amide bonds. The van der Waals surface area contributed by atoms with Gasteiger partial charge in [0.15, 0.2) is 11.6 Å². The van der Waals surface area contributed by atoms with Gasteiger partial charge < -0.3 is 15.2 Å². The number of halogens is 1. The Morgan fingerprint density at radius 2 is 2.00 bits per heavy atom. The molecule has 0 spiro atoms. The van der Waals surface area contributed by atoms with E-state index >= 15 is 0 Å². The Bertz CT molecular complexity index is 1240. The van der Waals surface area contributed by atoms with E-state index in [0.717, 1.165) is 23.1 Å². The minimum Gasteiger partial charge on any atom is -0.493 e. The summed E-state index contributed by atoms with van der Waals surface area (Å²) in [6, 6.07) is 11.5. The van der Waals surface area contributed by atoms with Gasteiger partial charge in [0.05, 0.1) is 16.3 Å². The zero-order chi connectivity index (χ0) is 22.2. The van der Waals surface area contributed by atoms with E-state index in [0.29, 0.717) is 35.0 Å². The summed E-state index contributed by atoms with van der Waals surface area (Å²) in [6.07, 6.45) is 3.93. The number of aryl methyl sites for hydroxylation is 1. The summed E-state index contributed by atoms with van der Waals surface area (Å²) in [6.45, 7) is 2.24. The molecule has 0 fully saturated rings. The number of nitrogens with one attached hydrogen (secondary N) is 1. The molecule has 0 aliphatic carbocycles. The lowest BCUT2D eigenvalue weighted by molar-refractivity contribution is 0.216. The predicted molar refractivity (Wildman–Crippen MR) is 118 cm³/mol. The molecule has 1 aromatic heterocycles. The van der Waals surface area contributed by atoms with E-state index in [1.807, 2.05) is 6.07 Å². The molecule has 1 aliphatic rings. The summed E-state index contributed by atoms with van der Waals surface area (Å²) in [5, 5.41) is 0. The van der Waals surface area contributed by atoms with Gasteiger partial charge >= 0.3 is 0 Å². The molecule has 4 rings (SSSR count). The van der Waals surface area contributed by atoms with E-state index < -0.39 is 15.8 Å². The second-order valence-corrected chi connectivity index (χ2v) is 9.82. The average Bonchev–Trinajstić information content (AvgIpc) is 2.73. The number of nitrogens with zero attached hydrogens (tertiary/aromatic N) is 1. The van der Waals surface area contributed by atoms with Crippen molar-refractivity contribution >= 4 is 15.5 Å². The third kappa shape index (κ3) is 4.49. The second-order valence-electron chi connectivity index (χ2n) is 7.66. The van der Waals surface area contributed by atoms with E-state index in [-0.39, 0.29) is 11.6 Å². The number of anilines is 1. The molecule has 2 aromatic carbocycles. The molecule has 2 bridgehead atoms. The Kier molecular flexibility index (Phi) is 5.58. The predicted octanol–water partition coefficient (Wildman–Crippen LogP) is 4.97. The van der Waals surface area contributed by atoms with Crippen LogP contribution in [-0.2, 0) is 16.1 Å². The summed E-state index contributed by atoms with van der Waals surface area (Å²) >= 11 is 0. The maximum atomic E-state index is 13.9. The molecule has 3 N–H and O–H groups in total. The van der Waals surface area contributed by atoms with E-state index in [1.165, 1.54) is 18.4 Å². The van der Waals surface area contributed by atoms with E-state index in [1.54, 1.807) is 37.4 Å². The van der Waals surface area contributed by atoms with Crippen molar-refractivity contribution in [1.29, 1.82) is 4.78 Å². The van der Waals surface area contributed by atoms with Crippen molar-refractivity contribution in [2.24, 2.45) is 0 Å². The van der Waals surface area contributed by atoms with Crippen molar-refractivity contribution in [2.45, 2.75) is 30.8 Å². The van der Waals surface area contributed by atoms with Crippen LogP contribution in [0.4, 0.5) is 10.2 Å². The third-order valence-corrected chi connectivity index (χ3v) is 6.44. The summed E-state index contributed by atoms with van der Waals surface area (Å²) < 4.78 is 46.2. The number of aromatic nitrogens is 1. The first-order valence-electron chi connectivity index (χ1n) is 9.94. The third-order valence-electron chi connectivity index (χ3n) is 5.29. The maximum Gasteiger partial charge on any atom is 0.166 e. The van der Waals surface area contributed by atoms with E-state index in [4.69, 9.17) is 20.0 Å². The van der Waals surface area contributed by atoms with Crippen LogP contribution in [0, 0.1) is 10.6 Å². The smallest absolute Gasteiger partial charge is 0.166 e. The highest BCUT2D eigenvalue weighted by molar-refractivity contribution is 7.91. The summed E-state index contributed by atoms with van der Waals surface area (Å²) in [7, 11) is -2.88. The molecular formula is C23H24FN3O3S. The first kappa shape index (κ1) is 21.1. The zero-order valence-corrected chi connectivity index (χ0v) is 18.2. The Morgan fingerprint density at radius 1 is 1.19 bits per heavy atom. The Hall–Kier alpha value is -3.13. The Labute approximate surface area is 181 Å². The van der Waals surface area contributed by atoms with Gasteiger partial charge in [0.1, 0.15) is 17.7 Å². The number of fused-ring (bicyclic) bond motifs is 5. The molecule has 0 radical (unpaired) electrons. The monoisotopic (exact) mass is 441 g/mol. The number of nitrogen functional groups attached to an aromatic ring is 1. The number of ether oxygens (including phenoxy) is 2. The minimum atomic E-state index is -2.88. The molecule has 2 heterocycles. The van der Waals surface area contributed by atoms with Crippen LogP contribution < -0.4 is 15.2 Å². The van der Waals surface area contributed by atoms with E-state index in [2.05, 4.69) is 4.98 Å². The molecule has 0 saturated carbocycles. The molecule has 3 aromatic rings. The van der Waals surface area contributed by atoms with Crippen LogP contribution in [0.2, 0.25) is 0 Å². The quantitative estimate of drug-likeness (QED) is 0.556. The van der Waals surface area contributed by atoms with Gasteiger partial charge in [-0.05, 0) is 67.3 Å². The standard InChI is InChI=1S/C23H24FN3O3S/c1-14-19-11-17(24)6-8-21(19)29-9-3-4-15-5-7-18(31(2,26)28)12-20(15)16-10-22(30-14)23(25)27-13-16/h5-8,10-14,26H,3-4,9H2,1-2H3,(H2,25,27)/t14-,31?/m1/s1. The lowest BCUT2D eigenvalue weighted by Crippen LogP contribution is -2.09. The van der Waals surface area contributed by atoms with Gasteiger partial charge in [0, 0.05) is 28.5 Å². The topological polar surface area (TPSA) is 98.3 Å². The van der Waals surface area contributed by atoms with Crippen LogP contribution >= 0.6 is 0 Å². The normalized spacial score (nSPS) is 18.0. The van der Waals surface area contributed by atoms with Crippen molar-refractivity contribution in [3.8, 4) is 22.6 Å². The van der Waals surface area contributed by atoms with Crippen LogP contribution in [-0.4, -0.2) is 22.1 Å². The average molecular weight is 442 g/mol. The van der Waals surface area contributed by atoms with Gasteiger partial charge in [-0.15, -0.1) is 0 Å². The first-order chi connectivity index (χ1) is 14.7. The van der Waals surface area contributed by atoms with Crippen LogP contribution in [0.1, 0.15) is 30.6 Å². The number of nitrogens with two attached hydrogens (primary N) is 1. The van der Waals surface area contributed by atoms with Crippen molar-refractivity contribution in [2.75, 3.05) is 18.6 Å². The highest BCUT2D eigenvalue weighted by Gasteiger charge is 2.19. The SMILES string of the molecule is C[C@H]1Oc2cc(cnc2N)-c2cc(S(C)(=N)=O)ccc2CCCOc2ccc(F)cc21. The zero-order valence-electron chi connectivity index (χ0n) is 17.4. The van der Waals surface area contributed by atoms with Gasteiger partial charge in [0.2, 0.25) is 0 Å². The lowest BCUT2D eigenvalue weighted by Gasteiger charge is -2.19. The molecule has 6 nitrogen and oxygen atoms in total. The number of hydrogen-bond acceptors (Lipinski definition) is 6. The summed E-state index contributed by atoms with van der Waals surface area (Å²) in [4.78, 5) is 4.73. The fourth-order valence-electron chi connectivity index (χ4n) is 3.65. The highest BCUT2D eigenvalue weighted by Crippen LogP contribution is 2.36. The van der Waals surface area contributed by atoms with Crippen molar-refractivity contribution in [1.82, 2.24) is 4.98 Å². The molecule has 2 atom stereocenters. The number of benzene rings is 2. The van der Waals surface area contributed by atoms with Crippen LogP contribution in [0.3, 0.4) is 0 Å². The molecule has 31 heavy (non-hydrogen) atoms. The maximum absolute atomic E-state index is 13.9. The minimum absolute atomic E-state index is 0.210. The van der Waals surface area contributed by atoms with Gasteiger partial charge in [-0.3, -0.25) is 0 Å². The second kappa shape index (κ2) is 8.19. The summed E-state index contributed by atoms with van der Waals surface area (Å²) in [5.41, 5.74) is 9.23. The van der Waals surface area contributed by atoms with Crippen molar-refractivity contribution < 1.29 is 18.1 Å². The van der Waals surface area contributed by atoms with Crippen molar-refractivity contribution in [3.63, 3.8) is 0 Å². The van der Waals surface area contributed by atoms with Gasteiger partial charge in [0.25, 0.3) is 0 Å². The van der Waals surface area contributed by atoms with Crippen LogP contribution in [0.25, 0.3) is 11.1 Å². The van der Waals surface area contributed by atoms with Gasteiger partial charge in [-0.2, -0.15) is 0 Å². The van der Waals surface area contributed by atoms with Crippen LogP contribution in [0.5, 0.6) is 11.5 Å². The molecule has 162 valence electrons. The molecule has 1 aliphatic heterocycles. The Morgan fingerprint density at radius 3 is 2.77 bits per heavy atom. The molecule has 8 heteroatoms. The first-order valence-corrected chi connectivity index (χ1v) is 11.9. The number of rotatable bonds is 1. The number of hydrogen-bond donors (Lipinski definition) is 2. The largest absolute Gasteiger partial charge is 0.493 e. The molecule has 1 unspecified atom stereocenters. The highest BCUT2D eigenvalue weighted by atomic mass is 32.2. The van der Waals surface area contributed by atoms with E-state index in [9.17, 15) is 8.60 Å². The Balaban J connectivity index is 1.85. The summed E-state index contributed by atoms with van der Waals surface area (Å²) in [5.74, 6) is 0.757. The fourth-order valence-corrected chi connectivity index (χ4v) is 4.32. The van der Waals surface area contributed by atoms with Crippen molar-refractivity contribution in [3.05, 3.63) is 65.6 Å². The van der Waals surface area contributed by atoms with Gasteiger partial charge in [-0.1, -0.05) is 6.07 Å². The molecule has 0 saturated heterocycles. The van der Waals surface area contributed by atoms with Crippen LogP contribution in [0.15, 0.2) is 53.6 Å². The molecular weight excluding hydrogens is 417 g/mol. The lowest BCUT2D eigenvalue weighted by atomic mass is 9.97. The number of pyridine rings is 1.